The Labute approximate surface area is 795 Å². The van der Waals surface area contributed by atoms with Crippen LogP contribution in [0.1, 0.15) is 128 Å². The summed E-state index contributed by atoms with van der Waals surface area (Å²) in [5.41, 5.74) is -0.844. The summed E-state index contributed by atoms with van der Waals surface area (Å²) in [5, 5.41) is 57.1. The van der Waals surface area contributed by atoms with Crippen molar-refractivity contribution in [1.82, 2.24) is 0 Å². The van der Waals surface area contributed by atoms with Crippen LogP contribution in [0.25, 0.3) is 259 Å². The van der Waals surface area contributed by atoms with Crippen LogP contribution in [0.3, 0.4) is 0 Å². The monoisotopic (exact) mass is 1910 g/mol. The maximum atomic E-state index is 18.5. The van der Waals surface area contributed by atoms with Crippen LogP contribution in [0.2, 0.25) is 72.5 Å². The van der Waals surface area contributed by atoms with E-state index in [1.807, 2.05) is 0 Å². The van der Waals surface area contributed by atoms with Gasteiger partial charge in [0, 0.05) is 0 Å². The maximum absolute atomic E-state index is 18.5. The fourth-order valence-electron chi connectivity index (χ4n) is 32.8. The smallest absolute Gasteiger partial charge is 0.326 e. The third kappa shape index (κ3) is 7.31. The van der Waals surface area contributed by atoms with Crippen molar-refractivity contribution < 1.29 is 93.7 Å². The van der Waals surface area contributed by atoms with Gasteiger partial charge in [0.2, 0.25) is 0 Å². The van der Waals surface area contributed by atoms with Crippen LogP contribution < -0.4 is 0 Å². The zero-order chi connectivity index (χ0) is 93.9. The van der Waals surface area contributed by atoms with Crippen molar-refractivity contribution in [2.75, 3.05) is 159 Å². The molecular formula is C114H108O20Si4. The fourth-order valence-corrected chi connectivity index (χ4v) is 36.9. The number of hydrogen-bond donors (Lipinski definition) is 0. The number of ether oxygens (including phenoxy) is 12. The Morgan fingerprint density at radius 1 is 0.174 bits per heavy atom. The SMILES string of the molecule is CC(C)(C)[Si](C)(C)OCCOCCOCCOC(=O)C1(C(=O)OCCOCCOCCO[Si](C)(C)C(C)(C)C)C23c4c5c6c7c8c9c%10c%11c%12c%13c%14c(c-5c5c%15c%16c(c%17c%18c2c2c4c7c4c8c7c%10c8c%10c%11c%11c%13c(c%14%15)c%13c%16c%14c%17c%15c%18c%16c2c4c2c7c8c4c(c%162)c%15c2c%14c%13c%11c%10c24)C513)C61C(C(=O)OCCOCCOCCO[Si](C)(C)C(C)(C)C)(C(=O)OCCOCCOCCO[Si](C)(C)C(C)(C)C)C9%121. The third-order valence-electron chi connectivity index (χ3n) is 40.8. The summed E-state index contributed by atoms with van der Waals surface area (Å²) in [7, 11) is -8.09. The van der Waals surface area contributed by atoms with Gasteiger partial charge in [0.15, 0.2) is 44.1 Å². The molecule has 0 aliphatic heterocycles. The lowest BCUT2D eigenvalue weighted by Crippen LogP contribution is -2.41. The molecule has 0 saturated heterocycles. The van der Waals surface area contributed by atoms with E-state index in [1.165, 1.54) is 183 Å². The molecule has 138 heavy (non-hydrogen) atoms. The second-order valence-corrected chi connectivity index (χ2v) is 68.6. The van der Waals surface area contributed by atoms with Gasteiger partial charge in [-0.3, -0.25) is 19.2 Å². The van der Waals surface area contributed by atoms with E-state index in [4.69, 9.17) is 74.5 Å². The van der Waals surface area contributed by atoms with Crippen molar-refractivity contribution in [1.29, 1.82) is 0 Å². The Morgan fingerprint density at radius 3 is 0.449 bits per heavy atom. The topological polar surface area (TPSA) is 216 Å². The number of rotatable bonds is 44. The summed E-state index contributed by atoms with van der Waals surface area (Å²) in [6, 6.07) is 0. The van der Waals surface area contributed by atoms with E-state index < -0.39 is 89.6 Å². The van der Waals surface area contributed by atoms with Gasteiger partial charge in [-0.05, 0) is 376 Å². The molecule has 24 heteroatoms. The average molecular weight is 1910 g/mol. The van der Waals surface area contributed by atoms with E-state index in [-0.39, 0.29) is 99.4 Å². The van der Waals surface area contributed by atoms with E-state index in [1.54, 1.807) is 0 Å². The number of carbonyl (C=O) groups is 4. The minimum Gasteiger partial charge on any atom is -0.462 e. The molecule has 20 nitrogen and oxygen atoms in total. The van der Waals surface area contributed by atoms with Crippen LogP contribution in [-0.2, 0) is 115 Å². The minimum atomic E-state index is -2.17. The van der Waals surface area contributed by atoms with Crippen LogP contribution in [0, 0.1) is 10.8 Å². The fraction of sp³-hybridized carbons (Fsp3) is 0.474. The van der Waals surface area contributed by atoms with E-state index >= 15 is 19.2 Å². The first-order valence-corrected chi connectivity index (χ1v) is 62.5. The van der Waals surface area contributed by atoms with E-state index in [9.17, 15) is 0 Å². The molecule has 0 amide bonds. The van der Waals surface area contributed by atoms with Crippen LogP contribution in [0.4, 0.5) is 0 Å². The number of carbonyl (C=O) groups excluding carboxylic acids is 4. The summed E-state index contributed by atoms with van der Waals surface area (Å²) < 4.78 is 106. The van der Waals surface area contributed by atoms with Crippen molar-refractivity contribution >= 4 is 305 Å². The predicted molar refractivity (Wildman–Crippen MR) is 554 cm³/mol. The summed E-state index contributed by atoms with van der Waals surface area (Å²) in [4.78, 5) is 74.0. The Bertz CT molecular complexity index is 8960. The van der Waals surface area contributed by atoms with Gasteiger partial charge in [-0.1, -0.05) is 83.1 Å². The first kappa shape index (κ1) is 81.5. The lowest BCUT2D eigenvalue weighted by atomic mass is 9.66. The Hall–Kier alpha value is -9.01. The Kier molecular flexibility index (Phi) is 14.0. The molecule has 0 bridgehead atoms. The normalized spacial score (nSPS) is 21.4. The summed E-state index contributed by atoms with van der Waals surface area (Å²) in [6.07, 6.45) is 0. The van der Waals surface area contributed by atoms with Gasteiger partial charge >= 0.3 is 23.9 Å². The molecular weight excluding hydrogens is 1800 g/mol. The third-order valence-corrected chi connectivity index (χ3v) is 58.9. The van der Waals surface area contributed by atoms with Gasteiger partial charge in [-0.15, -0.1) is 0 Å². The largest absolute Gasteiger partial charge is 0.462 e. The lowest BCUT2D eigenvalue weighted by molar-refractivity contribution is -0.170. The molecule has 10 aliphatic carbocycles. The molecule has 0 N–H and O–H groups in total. The van der Waals surface area contributed by atoms with Gasteiger partial charge in [-0.2, -0.15) is 0 Å². The summed E-state index contributed by atoms with van der Waals surface area (Å²) in [5.74, 6) is -2.63. The molecule has 2 saturated carbocycles. The highest BCUT2D eigenvalue weighted by Crippen LogP contribution is 3.03. The first-order chi connectivity index (χ1) is 66.0. The van der Waals surface area contributed by atoms with Crippen LogP contribution >= 0.6 is 0 Å². The zero-order valence-corrected chi connectivity index (χ0v) is 86.1. The number of benzene rings is 16. The molecule has 24 aromatic rings. The predicted octanol–water partition coefficient (Wildman–Crippen LogP) is 23.2. The maximum Gasteiger partial charge on any atom is 0.326 e. The van der Waals surface area contributed by atoms with Crippen molar-refractivity contribution in [3.63, 3.8) is 0 Å². The lowest BCUT2D eigenvalue weighted by Gasteiger charge is -2.36. The second-order valence-electron chi connectivity index (χ2n) is 49.4. The molecule has 700 valence electrons. The molecule has 2 fully saturated rings. The van der Waals surface area contributed by atoms with Crippen molar-refractivity contribution in [3.8, 4) is 11.1 Å². The Balaban J connectivity index is 0.613. The Morgan fingerprint density at radius 2 is 0.290 bits per heavy atom. The second kappa shape index (κ2) is 23.7. The van der Waals surface area contributed by atoms with Gasteiger partial charge in [0.1, 0.15) is 26.4 Å². The molecule has 0 radical (unpaired) electrons. The van der Waals surface area contributed by atoms with Crippen molar-refractivity contribution in [2.24, 2.45) is 10.8 Å². The van der Waals surface area contributed by atoms with Crippen LogP contribution in [0.5, 0.6) is 0 Å². The minimum absolute atomic E-state index is 0.0281. The average Bonchev–Trinajstić information content (AvgIpc) is 1.34. The highest BCUT2D eigenvalue weighted by molar-refractivity contribution is 6.81. The van der Waals surface area contributed by atoms with Gasteiger partial charge in [-0.25, -0.2) is 0 Å². The molecule has 2 atom stereocenters. The molecule has 0 heterocycles. The highest BCUT2D eigenvalue weighted by Gasteiger charge is 3.06. The molecule has 34 rings (SSSR count). The van der Waals surface area contributed by atoms with Crippen molar-refractivity contribution in [3.05, 3.63) is 44.5 Å². The molecule has 2 unspecified atom stereocenters. The highest BCUT2D eigenvalue weighted by atomic mass is 28.4. The van der Waals surface area contributed by atoms with Gasteiger partial charge in [0.25, 0.3) is 0 Å². The van der Waals surface area contributed by atoms with Gasteiger partial charge in [0.05, 0.1) is 154 Å². The van der Waals surface area contributed by atoms with E-state index in [2.05, 4.69) is 135 Å². The van der Waals surface area contributed by atoms with Gasteiger partial charge < -0.3 is 74.5 Å². The van der Waals surface area contributed by atoms with E-state index in [0.29, 0.717) is 79.3 Å². The van der Waals surface area contributed by atoms with Crippen LogP contribution in [-0.4, -0.2) is 216 Å². The van der Waals surface area contributed by atoms with Crippen LogP contribution in [0.15, 0.2) is 0 Å². The molecule has 24 aromatic carbocycles. The standard InChI is InChI=1S/C114H108O20Si4/c1-105(2,3)135(13,14)131-41-33-123-25-21-119-29-37-127-101(115)113(102(116)128-38-30-120-22-26-124-34-42-132-136(15,16)106(4,5)6)109-93-79-69-58-49-45-46-48-53-47(45)54-51-56(49)64(69)75-67-60(51)71-62(54)73-66(53)74-63-55(48)52-57-50(46)59(58)70-65(57)76-68-61(52)72(63)84-88-78(68)90(86(76)94(109)80(70)79)100-92-91-97-87(77(67)89(85(75)93)99(91)112(100,109)113)83(71)95-81(73)82(74)96(84)111(98(88)92)110(95,97)114(111,103(117)129-39-31-121-23-27-125-35-43-133-137(17,18)107(7,8)9)104(118)130-40-32-122-24-28-126-36-44-134-138(19,20)108(10,11)12/h21-44H2,1-20H3. The quantitative estimate of drug-likeness (QED) is 0.00866. The number of hydrogen-bond acceptors (Lipinski definition) is 20. The van der Waals surface area contributed by atoms with E-state index in [0.717, 1.165) is 120 Å². The zero-order valence-electron chi connectivity index (χ0n) is 82.1. The number of esters is 4. The van der Waals surface area contributed by atoms with Crippen molar-refractivity contribution in [2.45, 2.75) is 177 Å². The molecule has 4 spiro atoms. The summed E-state index contributed by atoms with van der Waals surface area (Å²) >= 11 is 0. The first-order valence-electron chi connectivity index (χ1n) is 50.9. The molecule has 10 aliphatic rings. The summed E-state index contributed by atoms with van der Waals surface area (Å²) in [6.45, 7) is 49.9. The molecule has 0 aromatic heterocycles.